The number of hydrogen-bond donors (Lipinski definition) is 0. The van der Waals surface area contributed by atoms with Crippen molar-refractivity contribution >= 4 is 66.4 Å². The third-order valence-corrected chi connectivity index (χ3v) is 11.0. The standard InChI is InChI=1S/C44H26N4S/c1-2-14-29(15-3-1)47-37-26-28(41-42(46-35-20-7-6-19-34(35)45-41)31-17-10-13-27-12-4-5-16-30(27)31)24-25-32(37)40-33-18-11-23-39-43(33)48(44(40)47)36-21-8-9-22-38(36)49-39/h1-26H. The maximum Gasteiger partial charge on any atom is 0.131 e. The van der Waals surface area contributed by atoms with E-state index in [2.05, 4.69) is 155 Å². The van der Waals surface area contributed by atoms with E-state index in [0.29, 0.717) is 0 Å². The van der Waals surface area contributed by atoms with E-state index in [0.717, 1.165) is 50.1 Å². The molecule has 0 saturated heterocycles. The lowest BCUT2D eigenvalue weighted by molar-refractivity contribution is 1.03. The van der Waals surface area contributed by atoms with E-state index in [9.17, 15) is 0 Å². The van der Waals surface area contributed by atoms with Gasteiger partial charge < -0.3 is 0 Å². The summed E-state index contributed by atoms with van der Waals surface area (Å²) in [5, 5.41) is 6.09. The molecule has 4 heterocycles. The van der Waals surface area contributed by atoms with Crippen LogP contribution in [0.4, 0.5) is 0 Å². The third kappa shape index (κ3) is 3.82. The molecule has 1 aliphatic heterocycles. The van der Waals surface area contributed by atoms with E-state index in [4.69, 9.17) is 9.97 Å². The molecule has 0 aliphatic carbocycles. The molecule has 0 spiro atoms. The molecule has 5 heteroatoms. The molecule has 49 heavy (non-hydrogen) atoms. The Balaban J connectivity index is 1.27. The van der Waals surface area contributed by atoms with E-state index in [1.165, 1.54) is 48.2 Å². The summed E-state index contributed by atoms with van der Waals surface area (Å²) in [6.07, 6.45) is 0. The molecule has 0 radical (unpaired) electrons. The van der Waals surface area contributed by atoms with Gasteiger partial charge in [-0.15, -0.1) is 0 Å². The Labute approximate surface area is 285 Å². The SMILES string of the molecule is c1ccc(-n2c3cc(-c4nc5ccccc5nc4-c4cccc5ccccc45)ccc3c3c4cccc5c4n(c32)-c2ccccc2S5)cc1. The molecule has 0 saturated carbocycles. The van der Waals surface area contributed by atoms with Crippen molar-refractivity contribution in [1.29, 1.82) is 0 Å². The van der Waals surface area contributed by atoms with Crippen molar-refractivity contribution in [2.24, 2.45) is 0 Å². The molecule has 228 valence electrons. The Morgan fingerprint density at radius 3 is 2.08 bits per heavy atom. The van der Waals surface area contributed by atoms with Gasteiger partial charge in [-0.1, -0.05) is 121 Å². The van der Waals surface area contributed by atoms with E-state index >= 15 is 0 Å². The van der Waals surface area contributed by atoms with Crippen LogP contribution in [0.15, 0.2) is 168 Å². The zero-order valence-electron chi connectivity index (χ0n) is 26.2. The van der Waals surface area contributed by atoms with Crippen LogP contribution < -0.4 is 0 Å². The van der Waals surface area contributed by atoms with Crippen LogP contribution in [-0.4, -0.2) is 19.1 Å². The Kier molecular flexibility index (Phi) is 5.57. The minimum absolute atomic E-state index is 0.875. The van der Waals surface area contributed by atoms with Gasteiger partial charge in [0.15, 0.2) is 0 Å². The van der Waals surface area contributed by atoms with Crippen LogP contribution in [-0.2, 0) is 0 Å². The summed E-state index contributed by atoms with van der Waals surface area (Å²) in [5.41, 5.74) is 11.6. The Bertz CT molecular complexity index is 2970. The highest BCUT2D eigenvalue weighted by Gasteiger charge is 2.28. The van der Waals surface area contributed by atoms with E-state index in [-0.39, 0.29) is 0 Å². The van der Waals surface area contributed by atoms with Gasteiger partial charge in [-0.05, 0) is 59.3 Å². The number of aromatic nitrogens is 4. The van der Waals surface area contributed by atoms with Crippen molar-refractivity contribution in [3.63, 3.8) is 0 Å². The molecule has 11 rings (SSSR count). The van der Waals surface area contributed by atoms with Crippen LogP contribution in [0.25, 0.3) is 88.5 Å². The highest BCUT2D eigenvalue weighted by molar-refractivity contribution is 7.99. The molecule has 4 nitrogen and oxygen atoms in total. The molecular formula is C44H26N4S. The molecule has 0 atom stereocenters. The number of hydrogen-bond acceptors (Lipinski definition) is 3. The molecule has 1 aliphatic rings. The lowest BCUT2D eigenvalue weighted by Crippen LogP contribution is -2.05. The van der Waals surface area contributed by atoms with Gasteiger partial charge in [-0.3, -0.25) is 9.13 Å². The lowest BCUT2D eigenvalue weighted by atomic mass is 9.97. The second kappa shape index (κ2) is 10.2. The van der Waals surface area contributed by atoms with Crippen molar-refractivity contribution < 1.29 is 0 Å². The van der Waals surface area contributed by atoms with E-state index in [1.807, 2.05) is 23.9 Å². The zero-order chi connectivity index (χ0) is 32.1. The van der Waals surface area contributed by atoms with Gasteiger partial charge in [0.2, 0.25) is 0 Å². The first kappa shape index (κ1) is 26.9. The van der Waals surface area contributed by atoms with E-state index < -0.39 is 0 Å². The number of rotatable bonds is 3. The normalized spacial score (nSPS) is 12.4. The van der Waals surface area contributed by atoms with Crippen molar-refractivity contribution in [3.05, 3.63) is 158 Å². The van der Waals surface area contributed by atoms with E-state index in [1.54, 1.807) is 0 Å². The number of para-hydroxylation sites is 5. The largest absolute Gasteiger partial charge is 0.295 e. The first-order valence-corrected chi connectivity index (χ1v) is 17.3. The second-order valence-electron chi connectivity index (χ2n) is 12.6. The van der Waals surface area contributed by atoms with Crippen molar-refractivity contribution in [2.45, 2.75) is 9.79 Å². The molecule has 0 unspecified atom stereocenters. The van der Waals surface area contributed by atoms with Crippen molar-refractivity contribution in [3.8, 4) is 33.9 Å². The fraction of sp³-hybridized carbons (Fsp3) is 0. The van der Waals surface area contributed by atoms with Gasteiger partial charge in [0, 0.05) is 42.8 Å². The molecular weight excluding hydrogens is 617 g/mol. The molecule has 10 aromatic rings. The Hall–Kier alpha value is -6.17. The first-order valence-electron chi connectivity index (χ1n) is 16.5. The summed E-state index contributed by atoms with van der Waals surface area (Å²) in [4.78, 5) is 13.2. The van der Waals surface area contributed by atoms with Crippen LogP contribution in [0.5, 0.6) is 0 Å². The molecule has 0 bridgehead atoms. The van der Waals surface area contributed by atoms with Crippen molar-refractivity contribution in [2.75, 3.05) is 0 Å². The van der Waals surface area contributed by atoms with Crippen LogP contribution in [0.2, 0.25) is 0 Å². The predicted molar refractivity (Wildman–Crippen MR) is 203 cm³/mol. The smallest absolute Gasteiger partial charge is 0.131 e. The fourth-order valence-electron chi connectivity index (χ4n) is 7.78. The van der Waals surface area contributed by atoms with Gasteiger partial charge in [0.1, 0.15) is 5.65 Å². The molecule has 0 fully saturated rings. The number of fused-ring (bicyclic) bond motifs is 9. The summed E-state index contributed by atoms with van der Waals surface area (Å²) in [5.74, 6) is 0. The molecule has 7 aromatic carbocycles. The first-order chi connectivity index (χ1) is 24.3. The topological polar surface area (TPSA) is 35.6 Å². The number of benzene rings is 7. The summed E-state index contributed by atoms with van der Waals surface area (Å²) < 4.78 is 4.92. The quantitative estimate of drug-likeness (QED) is 0.192. The number of nitrogens with zero attached hydrogens (tertiary/aromatic N) is 4. The third-order valence-electron chi connectivity index (χ3n) is 9.88. The summed E-state index contributed by atoms with van der Waals surface area (Å²) in [6, 6.07) is 56.2. The van der Waals surface area contributed by atoms with Crippen LogP contribution in [0.1, 0.15) is 0 Å². The highest BCUT2D eigenvalue weighted by atomic mass is 32.2. The molecule has 0 N–H and O–H groups in total. The van der Waals surface area contributed by atoms with Gasteiger partial charge in [0.25, 0.3) is 0 Å². The van der Waals surface area contributed by atoms with Gasteiger partial charge >= 0.3 is 0 Å². The van der Waals surface area contributed by atoms with Gasteiger partial charge in [-0.25, -0.2) is 9.97 Å². The zero-order valence-corrected chi connectivity index (χ0v) is 27.0. The fourth-order valence-corrected chi connectivity index (χ4v) is 8.87. The van der Waals surface area contributed by atoms with Crippen molar-refractivity contribution in [1.82, 2.24) is 19.1 Å². The molecule has 3 aromatic heterocycles. The minimum atomic E-state index is 0.875. The summed E-state index contributed by atoms with van der Waals surface area (Å²) in [7, 11) is 0. The Morgan fingerprint density at radius 1 is 0.490 bits per heavy atom. The Morgan fingerprint density at radius 2 is 1.18 bits per heavy atom. The maximum absolute atomic E-state index is 5.33. The highest BCUT2D eigenvalue weighted by Crippen LogP contribution is 2.50. The average Bonchev–Trinajstić information content (AvgIpc) is 3.68. The monoisotopic (exact) mass is 642 g/mol. The molecule has 0 amide bonds. The summed E-state index contributed by atoms with van der Waals surface area (Å²) in [6.45, 7) is 0. The van der Waals surface area contributed by atoms with Crippen LogP contribution in [0, 0.1) is 0 Å². The maximum atomic E-state index is 5.33. The average molecular weight is 643 g/mol. The summed E-state index contributed by atoms with van der Waals surface area (Å²) >= 11 is 1.86. The van der Waals surface area contributed by atoms with Gasteiger partial charge in [0.05, 0.1) is 39.1 Å². The predicted octanol–water partition coefficient (Wildman–Crippen LogP) is 11.6. The minimum Gasteiger partial charge on any atom is -0.295 e. The lowest BCUT2D eigenvalue weighted by Gasteiger charge is -2.21. The van der Waals surface area contributed by atoms with Gasteiger partial charge in [-0.2, -0.15) is 0 Å². The van der Waals surface area contributed by atoms with Crippen LogP contribution in [0.3, 0.4) is 0 Å². The second-order valence-corrected chi connectivity index (χ2v) is 13.7. The van der Waals surface area contributed by atoms with Crippen LogP contribution >= 0.6 is 11.8 Å².